The van der Waals surface area contributed by atoms with Crippen molar-refractivity contribution in [3.63, 3.8) is 0 Å². The van der Waals surface area contributed by atoms with Crippen LogP contribution in [0.4, 0.5) is 11.4 Å². The molecule has 0 spiro atoms. The molecule has 0 radical (unpaired) electrons. The van der Waals surface area contributed by atoms with Gasteiger partial charge in [-0.3, -0.25) is 9.10 Å². The van der Waals surface area contributed by atoms with Crippen LogP contribution in [0.2, 0.25) is 5.02 Å². The lowest BCUT2D eigenvalue weighted by Gasteiger charge is -2.24. The molecule has 184 valence electrons. The van der Waals surface area contributed by atoms with Gasteiger partial charge in [0.1, 0.15) is 6.54 Å². The molecule has 4 rings (SSSR count). The second-order valence-corrected chi connectivity index (χ2v) is 9.90. The van der Waals surface area contributed by atoms with Crippen molar-refractivity contribution in [3.05, 3.63) is 108 Å². The minimum absolute atomic E-state index is 0.0737. The summed E-state index contributed by atoms with van der Waals surface area (Å²) in [6, 6.07) is 28.2. The number of amides is 1. The number of methoxy groups -OCH3 is 1. The summed E-state index contributed by atoms with van der Waals surface area (Å²) in [4.78, 5) is 13.2. The first-order valence-electron chi connectivity index (χ1n) is 10.9. The van der Waals surface area contributed by atoms with E-state index in [-0.39, 0.29) is 10.6 Å². The maximum absolute atomic E-state index is 13.4. The number of nitrogens with zero attached hydrogens (tertiary/aromatic N) is 1. The van der Waals surface area contributed by atoms with Crippen LogP contribution in [-0.4, -0.2) is 28.0 Å². The molecule has 0 saturated carbocycles. The van der Waals surface area contributed by atoms with Crippen molar-refractivity contribution >= 4 is 38.9 Å². The molecule has 9 heteroatoms. The van der Waals surface area contributed by atoms with E-state index in [1.54, 1.807) is 78.9 Å². The van der Waals surface area contributed by atoms with Gasteiger partial charge >= 0.3 is 0 Å². The lowest BCUT2D eigenvalue weighted by atomic mass is 10.2. The minimum atomic E-state index is -4.02. The summed E-state index contributed by atoms with van der Waals surface area (Å²) in [5.74, 6) is 0.684. The van der Waals surface area contributed by atoms with Gasteiger partial charge in [-0.25, -0.2) is 8.42 Å². The zero-order valence-electron chi connectivity index (χ0n) is 19.3. The van der Waals surface area contributed by atoms with E-state index >= 15 is 0 Å². The first kappa shape index (κ1) is 25.1. The molecule has 4 aromatic rings. The fourth-order valence-corrected chi connectivity index (χ4v) is 5.07. The molecule has 0 fully saturated rings. The van der Waals surface area contributed by atoms with E-state index in [1.165, 1.54) is 25.3 Å². The number of para-hydroxylation sites is 3. The van der Waals surface area contributed by atoms with Crippen molar-refractivity contribution in [2.75, 3.05) is 23.3 Å². The number of carbonyl (C=O) groups is 1. The van der Waals surface area contributed by atoms with Crippen molar-refractivity contribution in [2.24, 2.45) is 0 Å². The molecule has 4 aromatic carbocycles. The largest absolute Gasteiger partial charge is 0.493 e. The Bertz CT molecular complexity index is 1450. The number of hydrogen-bond acceptors (Lipinski definition) is 5. The number of hydrogen-bond donors (Lipinski definition) is 1. The number of ether oxygens (including phenoxy) is 2. The van der Waals surface area contributed by atoms with Crippen molar-refractivity contribution in [2.45, 2.75) is 4.90 Å². The van der Waals surface area contributed by atoms with E-state index in [1.807, 2.05) is 6.07 Å². The SMILES string of the molecule is COc1ccccc1Oc1ccc(Cl)cc1NC(=O)CN(c1ccccc1)S(=O)(=O)c1ccccc1. The van der Waals surface area contributed by atoms with E-state index < -0.39 is 22.5 Å². The summed E-state index contributed by atoms with van der Waals surface area (Å²) in [5.41, 5.74) is 0.636. The summed E-state index contributed by atoms with van der Waals surface area (Å²) in [7, 11) is -2.49. The highest BCUT2D eigenvalue weighted by Gasteiger charge is 2.27. The van der Waals surface area contributed by atoms with Crippen LogP contribution in [-0.2, 0) is 14.8 Å². The smallest absolute Gasteiger partial charge is 0.264 e. The molecular formula is C27H23ClN2O5S. The number of rotatable bonds is 9. The zero-order chi connectivity index (χ0) is 25.5. The summed E-state index contributed by atoms with van der Waals surface area (Å²) >= 11 is 6.18. The van der Waals surface area contributed by atoms with E-state index in [2.05, 4.69) is 5.32 Å². The standard InChI is InChI=1S/C27H23ClN2O5S/c1-34-25-14-8-9-15-26(25)35-24-17-16-20(28)18-23(24)29-27(31)19-30(21-10-4-2-5-11-21)36(32,33)22-12-6-3-7-13-22/h2-18H,19H2,1H3,(H,29,31). The van der Waals surface area contributed by atoms with Gasteiger partial charge in [-0.1, -0.05) is 60.1 Å². The fraction of sp³-hybridized carbons (Fsp3) is 0.0741. The predicted molar refractivity (Wildman–Crippen MR) is 141 cm³/mol. The molecule has 0 heterocycles. The molecule has 1 amide bonds. The van der Waals surface area contributed by atoms with Gasteiger partial charge in [0.2, 0.25) is 5.91 Å². The van der Waals surface area contributed by atoms with E-state index in [9.17, 15) is 13.2 Å². The van der Waals surface area contributed by atoms with Gasteiger partial charge in [0, 0.05) is 5.02 Å². The number of nitrogens with one attached hydrogen (secondary N) is 1. The number of benzene rings is 4. The zero-order valence-corrected chi connectivity index (χ0v) is 20.9. The van der Waals surface area contributed by atoms with Crippen LogP contribution in [0.1, 0.15) is 0 Å². The summed E-state index contributed by atoms with van der Waals surface area (Å²) in [6.07, 6.45) is 0. The normalized spacial score (nSPS) is 10.9. The first-order chi connectivity index (χ1) is 17.4. The third-order valence-corrected chi connectivity index (χ3v) is 7.19. The monoisotopic (exact) mass is 522 g/mol. The summed E-state index contributed by atoms with van der Waals surface area (Å²) in [6.45, 7) is -0.470. The van der Waals surface area contributed by atoms with Crippen LogP contribution in [0.25, 0.3) is 0 Å². The molecule has 0 aliphatic rings. The maximum Gasteiger partial charge on any atom is 0.264 e. The molecule has 0 unspecified atom stereocenters. The molecule has 0 atom stereocenters. The first-order valence-corrected chi connectivity index (χ1v) is 12.7. The molecule has 0 bridgehead atoms. The quantitative estimate of drug-likeness (QED) is 0.292. The Labute approximate surface area is 214 Å². The molecule has 0 aliphatic carbocycles. The van der Waals surface area contributed by atoms with Gasteiger partial charge < -0.3 is 14.8 Å². The fourth-order valence-electron chi connectivity index (χ4n) is 3.46. The number of halogens is 1. The van der Waals surface area contributed by atoms with E-state index in [0.717, 1.165) is 4.31 Å². The Morgan fingerprint density at radius 3 is 2.11 bits per heavy atom. The average molecular weight is 523 g/mol. The van der Waals surface area contributed by atoms with Crippen molar-refractivity contribution < 1.29 is 22.7 Å². The number of anilines is 2. The molecule has 0 aromatic heterocycles. The molecule has 0 saturated heterocycles. The second kappa shape index (κ2) is 11.2. The van der Waals surface area contributed by atoms with Crippen molar-refractivity contribution in [1.29, 1.82) is 0 Å². The van der Waals surface area contributed by atoms with Crippen molar-refractivity contribution in [1.82, 2.24) is 0 Å². The molecular weight excluding hydrogens is 500 g/mol. The minimum Gasteiger partial charge on any atom is -0.493 e. The molecule has 36 heavy (non-hydrogen) atoms. The highest BCUT2D eigenvalue weighted by Crippen LogP contribution is 2.36. The third kappa shape index (κ3) is 5.79. The second-order valence-electron chi connectivity index (χ2n) is 7.60. The molecule has 1 N–H and O–H groups in total. The summed E-state index contributed by atoms with van der Waals surface area (Å²) < 4.78 is 39.3. The van der Waals surface area contributed by atoms with Crippen molar-refractivity contribution in [3.8, 4) is 17.2 Å². The Balaban J connectivity index is 1.63. The molecule has 0 aliphatic heterocycles. The predicted octanol–water partition coefficient (Wildman–Crippen LogP) is 5.97. The van der Waals surface area contributed by atoms with Crippen LogP contribution in [0, 0.1) is 0 Å². The van der Waals surface area contributed by atoms with E-state index in [0.29, 0.717) is 28.0 Å². The Morgan fingerprint density at radius 2 is 1.44 bits per heavy atom. The third-order valence-electron chi connectivity index (χ3n) is 5.17. The highest BCUT2D eigenvalue weighted by molar-refractivity contribution is 7.92. The van der Waals surface area contributed by atoms with Crippen LogP contribution in [0.3, 0.4) is 0 Å². The van der Waals surface area contributed by atoms with Crippen LogP contribution in [0.15, 0.2) is 108 Å². The average Bonchev–Trinajstić information content (AvgIpc) is 2.90. The van der Waals surface area contributed by atoms with Gasteiger partial charge in [0.05, 0.1) is 23.4 Å². The number of sulfonamides is 1. The van der Waals surface area contributed by atoms with Gasteiger partial charge in [0.25, 0.3) is 10.0 Å². The topological polar surface area (TPSA) is 84.9 Å². The molecule has 7 nitrogen and oxygen atoms in total. The Hall–Kier alpha value is -4.01. The summed E-state index contributed by atoms with van der Waals surface area (Å²) in [5, 5.41) is 3.11. The van der Waals surface area contributed by atoms with Gasteiger partial charge in [-0.15, -0.1) is 0 Å². The van der Waals surface area contributed by atoms with E-state index in [4.69, 9.17) is 21.1 Å². The lowest BCUT2D eigenvalue weighted by Crippen LogP contribution is -2.38. The van der Waals surface area contributed by atoms with Gasteiger partial charge in [0.15, 0.2) is 17.2 Å². The van der Waals surface area contributed by atoms with Gasteiger partial charge in [-0.05, 0) is 54.6 Å². The lowest BCUT2D eigenvalue weighted by molar-refractivity contribution is -0.114. The van der Waals surface area contributed by atoms with Crippen LogP contribution in [0.5, 0.6) is 17.2 Å². The van der Waals surface area contributed by atoms with Crippen LogP contribution >= 0.6 is 11.6 Å². The number of carbonyl (C=O) groups excluding carboxylic acids is 1. The van der Waals surface area contributed by atoms with Gasteiger partial charge in [-0.2, -0.15) is 0 Å². The highest BCUT2D eigenvalue weighted by atomic mass is 35.5. The Kier molecular flexibility index (Phi) is 7.77. The van der Waals surface area contributed by atoms with Crippen LogP contribution < -0.4 is 19.1 Å². The maximum atomic E-state index is 13.4. The Morgan fingerprint density at radius 1 is 0.833 bits per heavy atom.